The molecule has 7 nitrogen and oxygen atoms in total. The summed E-state index contributed by atoms with van der Waals surface area (Å²) in [7, 11) is -3.86. The number of rotatable bonds is 7. The van der Waals surface area contributed by atoms with Crippen LogP contribution in [0.4, 0.5) is 17.1 Å². The van der Waals surface area contributed by atoms with Crippen LogP contribution < -0.4 is 9.46 Å². The van der Waals surface area contributed by atoms with E-state index in [2.05, 4.69) is 15.0 Å². The van der Waals surface area contributed by atoms with Gasteiger partial charge in [0.25, 0.3) is 10.0 Å². The maximum atomic E-state index is 12.9. The number of phenolic OH excluding ortho intramolecular Hbond substituents is 1. The van der Waals surface area contributed by atoms with E-state index in [1.165, 1.54) is 12.1 Å². The number of benzene rings is 5. The highest BCUT2D eigenvalue weighted by molar-refractivity contribution is 7.92. The lowest BCUT2D eigenvalue weighted by Crippen LogP contribution is -2.13. The van der Waals surface area contributed by atoms with Crippen molar-refractivity contribution in [2.45, 2.75) is 4.90 Å². The predicted molar refractivity (Wildman–Crippen MR) is 140 cm³/mol. The number of para-hydroxylation sites is 2. The van der Waals surface area contributed by atoms with Crippen molar-refractivity contribution in [1.29, 1.82) is 0 Å². The van der Waals surface area contributed by atoms with E-state index in [0.29, 0.717) is 28.0 Å². The number of nitrogens with one attached hydrogen (secondary N) is 1. The van der Waals surface area contributed by atoms with E-state index in [4.69, 9.17) is 4.74 Å². The molecule has 178 valence electrons. The van der Waals surface area contributed by atoms with Gasteiger partial charge in [-0.2, -0.15) is 0 Å². The van der Waals surface area contributed by atoms with E-state index >= 15 is 0 Å². The van der Waals surface area contributed by atoms with Gasteiger partial charge in [0.2, 0.25) is 0 Å². The van der Waals surface area contributed by atoms with Crippen LogP contribution in [0.15, 0.2) is 130 Å². The molecule has 0 heterocycles. The zero-order valence-corrected chi connectivity index (χ0v) is 19.8. The number of hydrogen-bond donors (Lipinski definition) is 2. The molecule has 0 aromatic heterocycles. The molecule has 0 spiro atoms. The highest BCUT2D eigenvalue weighted by Gasteiger charge is 2.18. The summed E-state index contributed by atoms with van der Waals surface area (Å²) < 4.78 is 34.3. The van der Waals surface area contributed by atoms with Crippen molar-refractivity contribution < 1.29 is 18.3 Å². The number of phenols is 1. The van der Waals surface area contributed by atoms with E-state index < -0.39 is 10.0 Å². The molecule has 0 aliphatic rings. The van der Waals surface area contributed by atoms with E-state index in [-0.39, 0.29) is 22.0 Å². The third kappa shape index (κ3) is 4.89. The smallest absolute Gasteiger partial charge is 0.261 e. The molecule has 0 aliphatic carbocycles. The monoisotopic (exact) mass is 495 g/mol. The summed E-state index contributed by atoms with van der Waals surface area (Å²) in [5, 5.41) is 20.6. The lowest BCUT2D eigenvalue weighted by molar-refractivity contribution is 0.481. The van der Waals surface area contributed by atoms with Crippen molar-refractivity contribution >= 4 is 37.9 Å². The Hall–Kier alpha value is -4.69. The van der Waals surface area contributed by atoms with E-state index in [1.807, 2.05) is 42.5 Å². The number of nitrogens with zero attached hydrogens (tertiary/aromatic N) is 2. The summed E-state index contributed by atoms with van der Waals surface area (Å²) in [6.45, 7) is 0. The number of anilines is 1. The minimum absolute atomic E-state index is 0.118. The molecule has 0 bridgehead atoms. The summed E-state index contributed by atoms with van der Waals surface area (Å²) in [6.07, 6.45) is 0. The van der Waals surface area contributed by atoms with Gasteiger partial charge in [0, 0.05) is 0 Å². The van der Waals surface area contributed by atoms with Crippen LogP contribution in [0.1, 0.15) is 0 Å². The molecule has 0 fully saturated rings. The number of hydrogen-bond acceptors (Lipinski definition) is 6. The van der Waals surface area contributed by atoms with Crippen molar-refractivity contribution in [2.24, 2.45) is 10.2 Å². The second-order valence-corrected chi connectivity index (χ2v) is 9.52. The molecule has 5 aromatic carbocycles. The average Bonchev–Trinajstić information content (AvgIpc) is 2.90. The van der Waals surface area contributed by atoms with Crippen molar-refractivity contribution in [3.63, 3.8) is 0 Å². The highest BCUT2D eigenvalue weighted by atomic mass is 32.2. The second-order valence-electron chi connectivity index (χ2n) is 7.84. The summed E-state index contributed by atoms with van der Waals surface area (Å²) in [4.78, 5) is 0.118. The molecule has 0 aliphatic heterocycles. The van der Waals surface area contributed by atoms with Gasteiger partial charge >= 0.3 is 0 Å². The van der Waals surface area contributed by atoms with Crippen LogP contribution in [0.25, 0.3) is 10.8 Å². The Kier molecular flexibility index (Phi) is 6.34. The normalized spacial score (nSPS) is 11.6. The summed E-state index contributed by atoms with van der Waals surface area (Å²) >= 11 is 0. The molecule has 5 rings (SSSR count). The first-order valence-electron chi connectivity index (χ1n) is 11.1. The fraction of sp³-hybridized carbons (Fsp3) is 0. The number of aromatic hydroxyl groups is 1. The Labute approximate surface area is 208 Å². The molecule has 36 heavy (non-hydrogen) atoms. The minimum Gasteiger partial charge on any atom is -0.505 e. The maximum absolute atomic E-state index is 12.9. The Bertz CT molecular complexity index is 1660. The van der Waals surface area contributed by atoms with Gasteiger partial charge in [0.05, 0.1) is 16.0 Å². The number of fused-ring (bicyclic) bond motifs is 1. The quantitative estimate of drug-likeness (QED) is 0.228. The summed E-state index contributed by atoms with van der Waals surface area (Å²) in [5.41, 5.74) is 0.890. The highest BCUT2D eigenvalue weighted by Crippen LogP contribution is 2.41. The van der Waals surface area contributed by atoms with E-state index in [9.17, 15) is 13.5 Å². The van der Waals surface area contributed by atoms with E-state index in [0.717, 1.165) is 0 Å². The van der Waals surface area contributed by atoms with Crippen molar-refractivity contribution in [3.8, 4) is 17.2 Å². The number of azo groups is 1. The lowest BCUT2D eigenvalue weighted by atomic mass is 10.1. The van der Waals surface area contributed by atoms with E-state index in [1.54, 1.807) is 60.7 Å². The van der Waals surface area contributed by atoms with Gasteiger partial charge in [0.1, 0.15) is 17.1 Å². The predicted octanol–water partition coefficient (Wildman–Crippen LogP) is 7.55. The fourth-order valence-corrected chi connectivity index (χ4v) is 4.76. The largest absolute Gasteiger partial charge is 0.505 e. The SMILES string of the molecule is O=S(=O)(Nc1cccc2ccc(/N=N\c3ccccc3Oc3ccccc3)c(O)c12)c1ccccc1. The first-order valence-corrected chi connectivity index (χ1v) is 12.6. The summed E-state index contributed by atoms with van der Waals surface area (Å²) in [5.74, 6) is 0.970. The molecule has 0 radical (unpaired) electrons. The van der Waals surface area contributed by atoms with Crippen molar-refractivity contribution in [2.75, 3.05) is 4.72 Å². The van der Waals surface area contributed by atoms with Gasteiger partial charge in [-0.15, -0.1) is 10.2 Å². The van der Waals surface area contributed by atoms with Crippen molar-refractivity contribution in [3.05, 3.63) is 115 Å². The third-order valence-corrected chi connectivity index (χ3v) is 6.78. The molecule has 2 N–H and O–H groups in total. The van der Waals surface area contributed by atoms with Gasteiger partial charge in [-0.25, -0.2) is 8.42 Å². The number of sulfonamides is 1. The Morgan fingerprint density at radius 1 is 0.667 bits per heavy atom. The standard InChI is InChI=1S/C28H21N3O4S/c32-28-25(30-29-23-15-7-8-17-26(23)35-21-11-3-1-4-12-21)19-18-20-10-9-16-24(27(20)28)31-36(33,34)22-13-5-2-6-14-22/h1-19,31-32H/b30-29-. The van der Waals surface area contributed by atoms with Crippen LogP contribution >= 0.6 is 0 Å². The topological polar surface area (TPSA) is 100 Å². The molecule has 5 aromatic rings. The molecule has 0 saturated heterocycles. The average molecular weight is 496 g/mol. The van der Waals surface area contributed by atoms with Crippen LogP contribution in [-0.4, -0.2) is 13.5 Å². The van der Waals surface area contributed by atoms with Crippen LogP contribution in [-0.2, 0) is 10.0 Å². The van der Waals surface area contributed by atoms with Crippen molar-refractivity contribution in [1.82, 2.24) is 0 Å². The molecule has 0 saturated carbocycles. The summed E-state index contributed by atoms with van der Waals surface area (Å²) in [6, 6.07) is 33.0. The van der Waals surface area contributed by atoms with Crippen LogP contribution in [0, 0.1) is 0 Å². The molecule has 0 atom stereocenters. The van der Waals surface area contributed by atoms with Gasteiger partial charge in [-0.05, 0) is 53.9 Å². The zero-order chi connectivity index (χ0) is 25.0. The van der Waals surface area contributed by atoms with Gasteiger partial charge in [-0.1, -0.05) is 66.7 Å². The second kappa shape index (κ2) is 9.89. The maximum Gasteiger partial charge on any atom is 0.261 e. The fourth-order valence-electron chi connectivity index (χ4n) is 3.67. The minimum atomic E-state index is -3.86. The molecule has 0 unspecified atom stereocenters. The first-order chi connectivity index (χ1) is 17.5. The van der Waals surface area contributed by atoms with Crippen LogP contribution in [0.2, 0.25) is 0 Å². The van der Waals surface area contributed by atoms with Gasteiger partial charge < -0.3 is 9.84 Å². The molecular formula is C28H21N3O4S. The van der Waals surface area contributed by atoms with Crippen LogP contribution in [0.3, 0.4) is 0 Å². The third-order valence-electron chi connectivity index (χ3n) is 5.40. The Morgan fingerprint density at radius 3 is 2.11 bits per heavy atom. The Balaban J connectivity index is 1.50. The first kappa shape index (κ1) is 23.1. The lowest BCUT2D eigenvalue weighted by Gasteiger charge is -2.13. The Morgan fingerprint density at radius 2 is 1.33 bits per heavy atom. The van der Waals surface area contributed by atoms with Gasteiger partial charge in [-0.3, -0.25) is 4.72 Å². The number of ether oxygens (including phenoxy) is 1. The van der Waals surface area contributed by atoms with Gasteiger partial charge in [0.15, 0.2) is 11.5 Å². The molecule has 0 amide bonds. The zero-order valence-electron chi connectivity index (χ0n) is 18.9. The van der Waals surface area contributed by atoms with Crippen LogP contribution in [0.5, 0.6) is 17.2 Å². The molecule has 8 heteroatoms. The molecular weight excluding hydrogens is 474 g/mol.